The fourth-order valence-electron chi connectivity index (χ4n) is 4.53. The molecule has 0 heterocycles. The molecule has 0 amide bonds. The first kappa shape index (κ1) is 29.3. The standard InChI is InChI=1S/C32H36O8/c33-23-37-19-18-24-6-12-29(13-7-24)39-31(34)26-8-10-27(11-9-26)32(35)40-30-16-14-28(15-17-30)38-21-20-36-22-25-4-2-1-3-5-25/h1-7,12-17,26-27,33H,8-11,18-23H2/t26-,27-. The van der Waals surface area contributed by atoms with Crippen LogP contribution in [0.3, 0.4) is 0 Å². The van der Waals surface area contributed by atoms with Crippen LogP contribution in [-0.2, 0) is 32.1 Å². The van der Waals surface area contributed by atoms with Gasteiger partial charge in [0.2, 0.25) is 0 Å². The molecule has 0 radical (unpaired) electrons. The monoisotopic (exact) mass is 548 g/mol. The smallest absolute Gasteiger partial charge is 0.314 e. The molecule has 3 aromatic rings. The normalized spacial score (nSPS) is 16.7. The number of benzene rings is 3. The third-order valence-corrected chi connectivity index (χ3v) is 6.81. The van der Waals surface area contributed by atoms with E-state index >= 15 is 0 Å². The molecule has 1 fully saturated rings. The van der Waals surface area contributed by atoms with Crippen molar-refractivity contribution in [3.63, 3.8) is 0 Å². The maximum atomic E-state index is 12.7. The van der Waals surface area contributed by atoms with Crippen LogP contribution in [0.15, 0.2) is 78.9 Å². The van der Waals surface area contributed by atoms with Gasteiger partial charge in [0.15, 0.2) is 0 Å². The SMILES string of the molecule is O=C(Oc1ccc(CCOCO)cc1)[C@H]1CC[C@H](C(=O)Oc2ccc(OCCOCc3ccccc3)cc2)CC1. The van der Waals surface area contributed by atoms with Crippen LogP contribution in [0.2, 0.25) is 0 Å². The number of carbonyl (C=O) groups is 2. The first-order valence-electron chi connectivity index (χ1n) is 13.7. The molecule has 0 spiro atoms. The van der Waals surface area contributed by atoms with Gasteiger partial charge in [-0.3, -0.25) is 9.59 Å². The zero-order chi connectivity index (χ0) is 28.0. The summed E-state index contributed by atoms with van der Waals surface area (Å²) in [6.07, 6.45) is 2.97. The number of rotatable bonds is 14. The molecule has 3 aromatic carbocycles. The van der Waals surface area contributed by atoms with Gasteiger partial charge in [-0.1, -0.05) is 42.5 Å². The van der Waals surface area contributed by atoms with Crippen molar-refractivity contribution in [3.05, 3.63) is 90.0 Å². The lowest BCUT2D eigenvalue weighted by Crippen LogP contribution is -2.30. The quantitative estimate of drug-likeness (QED) is 0.128. The third-order valence-electron chi connectivity index (χ3n) is 6.81. The van der Waals surface area contributed by atoms with Crippen molar-refractivity contribution >= 4 is 11.9 Å². The molecule has 8 heteroatoms. The molecule has 4 rings (SSSR count). The maximum absolute atomic E-state index is 12.7. The molecule has 0 saturated heterocycles. The van der Waals surface area contributed by atoms with E-state index in [1.165, 1.54) is 0 Å². The molecular weight excluding hydrogens is 512 g/mol. The van der Waals surface area contributed by atoms with Crippen molar-refractivity contribution in [1.82, 2.24) is 0 Å². The molecule has 40 heavy (non-hydrogen) atoms. The topological polar surface area (TPSA) is 101 Å². The van der Waals surface area contributed by atoms with E-state index in [0.29, 0.717) is 75.8 Å². The van der Waals surface area contributed by atoms with Crippen molar-refractivity contribution < 1.29 is 38.4 Å². The molecule has 1 aliphatic rings. The number of carbonyl (C=O) groups excluding carboxylic acids is 2. The number of hydrogen-bond donors (Lipinski definition) is 1. The molecule has 0 aromatic heterocycles. The Labute approximate surface area is 234 Å². The van der Waals surface area contributed by atoms with E-state index in [2.05, 4.69) is 0 Å². The predicted octanol–water partition coefficient (Wildman–Crippen LogP) is 5.11. The molecule has 0 atom stereocenters. The Morgan fingerprint density at radius 1 is 0.625 bits per heavy atom. The number of aliphatic hydroxyl groups is 1. The second-order valence-corrected chi connectivity index (χ2v) is 9.68. The molecule has 1 aliphatic carbocycles. The van der Waals surface area contributed by atoms with Crippen LogP contribution in [0.5, 0.6) is 17.2 Å². The third kappa shape index (κ3) is 9.48. The van der Waals surface area contributed by atoms with E-state index in [1.807, 2.05) is 42.5 Å². The zero-order valence-electron chi connectivity index (χ0n) is 22.5. The zero-order valence-corrected chi connectivity index (χ0v) is 22.5. The van der Waals surface area contributed by atoms with E-state index in [4.69, 9.17) is 28.8 Å². The van der Waals surface area contributed by atoms with Crippen LogP contribution in [0, 0.1) is 11.8 Å². The lowest BCUT2D eigenvalue weighted by molar-refractivity contribution is -0.145. The first-order valence-corrected chi connectivity index (χ1v) is 13.7. The van der Waals surface area contributed by atoms with Gasteiger partial charge in [-0.25, -0.2) is 0 Å². The number of ether oxygens (including phenoxy) is 5. The van der Waals surface area contributed by atoms with Gasteiger partial charge in [0.1, 0.15) is 30.6 Å². The molecule has 212 valence electrons. The number of esters is 2. The van der Waals surface area contributed by atoms with Crippen molar-refractivity contribution in [2.24, 2.45) is 11.8 Å². The number of aliphatic hydroxyl groups excluding tert-OH is 1. The summed E-state index contributed by atoms with van der Waals surface area (Å²) in [5.74, 6) is 0.584. The van der Waals surface area contributed by atoms with Gasteiger partial charge in [0, 0.05) is 0 Å². The molecular formula is C32H36O8. The second kappa shape index (κ2) is 15.8. The van der Waals surface area contributed by atoms with Crippen LogP contribution in [0.25, 0.3) is 0 Å². The number of hydrogen-bond acceptors (Lipinski definition) is 8. The highest BCUT2D eigenvalue weighted by Gasteiger charge is 2.32. The van der Waals surface area contributed by atoms with E-state index < -0.39 is 0 Å². The lowest BCUT2D eigenvalue weighted by Gasteiger charge is -2.25. The summed E-state index contributed by atoms with van der Waals surface area (Å²) < 4.78 is 27.4. The lowest BCUT2D eigenvalue weighted by atomic mass is 9.82. The molecule has 0 bridgehead atoms. The Balaban J connectivity index is 1.12. The van der Waals surface area contributed by atoms with Gasteiger partial charge >= 0.3 is 11.9 Å². The summed E-state index contributed by atoms with van der Waals surface area (Å²) in [6, 6.07) is 24.2. The summed E-state index contributed by atoms with van der Waals surface area (Å²) in [4.78, 5) is 25.3. The average Bonchev–Trinajstić information content (AvgIpc) is 2.99. The Morgan fingerprint density at radius 2 is 1.18 bits per heavy atom. The van der Waals surface area contributed by atoms with Crippen molar-refractivity contribution in [2.75, 3.05) is 26.6 Å². The maximum Gasteiger partial charge on any atom is 0.314 e. The van der Waals surface area contributed by atoms with Gasteiger partial charge in [-0.2, -0.15) is 0 Å². The van der Waals surface area contributed by atoms with E-state index in [-0.39, 0.29) is 30.6 Å². The highest BCUT2D eigenvalue weighted by atomic mass is 16.6. The van der Waals surface area contributed by atoms with E-state index in [1.54, 1.807) is 36.4 Å². The molecule has 1 N–H and O–H groups in total. The summed E-state index contributed by atoms with van der Waals surface area (Å²) >= 11 is 0. The van der Waals surface area contributed by atoms with Gasteiger partial charge in [0.05, 0.1) is 31.7 Å². The van der Waals surface area contributed by atoms with Crippen molar-refractivity contribution in [3.8, 4) is 17.2 Å². The van der Waals surface area contributed by atoms with Gasteiger partial charge in [-0.05, 0) is 79.6 Å². The molecule has 0 aliphatic heterocycles. The van der Waals surface area contributed by atoms with Gasteiger partial charge in [0.25, 0.3) is 0 Å². The Kier molecular flexibility index (Phi) is 11.5. The Morgan fingerprint density at radius 3 is 1.75 bits per heavy atom. The summed E-state index contributed by atoms with van der Waals surface area (Å²) in [6.45, 7) is 1.55. The average molecular weight is 549 g/mol. The Hall–Kier alpha value is -3.72. The van der Waals surface area contributed by atoms with Gasteiger partial charge < -0.3 is 28.8 Å². The largest absolute Gasteiger partial charge is 0.491 e. The fourth-order valence-corrected chi connectivity index (χ4v) is 4.53. The highest BCUT2D eigenvalue weighted by molar-refractivity contribution is 5.77. The van der Waals surface area contributed by atoms with Gasteiger partial charge in [-0.15, -0.1) is 0 Å². The van der Waals surface area contributed by atoms with Crippen LogP contribution < -0.4 is 14.2 Å². The molecule has 1 saturated carbocycles. The first-order chi connectivity index (χ1) is 19.6. The summed E-state index contributed by atoms with van der Waals surface area (Å²) in [7, 11) is 0. The van der Waals surface area contributed by atoms with E-state index in [9.17, 15) is 9.59 Å². The fraction of sp³-hybridized carbons (Fsp3) is 0.375. The second-order valence-electron chi connectivity index (χ2n) is 9.68. The predicted molar refractivity (Wildman–Crippen MR) is 148 cm³/mol. The highest BCUT2D eigenvalue weighted by Crippen LogP contribution is 2.31. The minimum atomic E-state index is -0.300. The minimum absolute atomic E-state index is 0.241. The van der Waals surface area contributed by atoms with Crippen molar-refractivity contribution in [2.45, 2.75) is 38.7 Å². The molecule has 8 nitrogen and oxygen atoms in total. The van der Waals surface area contributed by atoms with Crippen LogP contribution in [-0.4, -0.2) is 43.7 Å². The molecule has 0 unspecified atom stereocenters. The van der Waals surface area contributed by atoms with E-state index in [0.717, 1.165) is 11.1 Å². The van der Waals surface area contributed by atoms with Crippen LogP contribution in [0.4, 0.5) is 0 Å². The van der Waals surface area contributed by atoms with Crippen LogP contribution >= 0.6 is 0 Å². The van der Waals surface area contributed by atoms with Crippen LogP contribution in [0.1, 0.15) is 36.8 Å². The Bertz CT molecular complexity index is 1170. The summed E-state index contributed by atoms with van der Waals surface area (Å²) in [5, 5.41) is 8.68. The minimum Gasteiger partial charge on any atom is -0.491 e. The summed E-state index contributed by atoms with van der Waals surface area (Å²) in [5.41, 5.74) is 2.14. The van der Waals surface area contributed by atoms with Crippen molar-refractivity contribution in [1.29, 1.82) is 0 Å².